The van der Waals surface area contributed by atoms with Gasteiger partial charge in [-0.15, -0.1) is 0 Å². The lowest BCUT2D eigenvalue weighted by molar-refractivity contribution is 0.114. The molecule has 0 spiro atoms. The lowest BCUT2D eigenvalue weighted by atomic mass is 10.3. The van der Waals surface area contributed by atoms with Gasteiger partial charge in [0.15, 0.2) is 0 Å². The number of tetrazole rings is 1. The lowest BCUT2D eigenvalue weighted by Gasteiger charge is -2.12. The number of halogens is 1. The highest BCUT2D eigenvalue weighted by atomic mass is 35.5. The number of para-hydroxylation sites is 1. The number of aryl methyl sites for hydroxylation is 1. The Hall–Kier alpha value is -3.73. The zero-order chi connectivity index (χ0) is 22.8. The minimum atomic E-state index is -0.501. The van der Waals surface area contributed by atoms with Crippen LogP contribution in [-0.2, 0) is 18.4 Å². The number of aromatic nitrogens is 7. The zero-order valence-corrected chi connectivity index (χ0v) is 18.6. The van der Waals surface area contributed by atoms with E-state index in [2.05, 4.69) is 30.8 Å². The SMILES string of the molecule is Cn1nnnc1-n1c(OCc2cccc(NC(=O)OC3CCCC3)n2)nc2c(Cl)cccc21. The highest BCUT2D eigenvalue weighted by Gasteiger charge is 2.21. The Labute approximate surface area is 193 Å². The highest BCUT2D eigenvalue weighted by molar-refractivity contribution is 6.35. The second kappa shape index (κ2) is 9.02. The maximum atomic E-state index is 12.1. The normalized spacial score (nSPS) is 14.0. The van der Waals surface area contributed by atoms with Crippen LogP contribution < -0.4 is 10.1 Å². The fraction of sp³-hybridized carbons (Fsp3) is 0.333. The van der Waals surface area contributed by atoms with Crippen LogP contribution in [0.1, 0.15) is 31.4 Å². The van der Waals surface area contributed by atoms with Crippen LogP contribution in [0.2, 0.25) is 5.02 Å². The van der Waals surface area contributed by atoms with Gasteiger partial charge in [-0.1, -0.05) is 28.8 Å². The fourth-order valence-electron chi connectivity index (χ4n) is 3.81. The molecule has 0 radical (unpaired) electrons. The number of pyridine rings is 1. The summed E-state index contributed by atoms with van der Waals surface area (Å²) in [6.45, 7) is 0.0966. The minimum Gasteiger partial charge on any atom is -0.458 e. The number of rotatable bonds is 6. The molecular formula is C21H21ClN8O3. The average molecular weight is 469 g/mol. The Bertz CT molecular complexity index is 1300. The van der Waals surface area contributed by atoms with Gasteiger partial charge >= 0.3 is 12.1 Å². The fourth-order valence-corrected chi connectivity index (χ4v) is 4.02. The van der Waals surface area contributed by atoms with Crippen LogP contribution in [0, 0.1) is 0 Å². The average Bonchev–Trinajstić information content (AvgIpc) is 3.53. The molecule has 1 N–H and O–H groups in total. The van der Waals surface area contributed by atoms with E-state index in [9.17, 15) is 4.79 Å². The number of carbonyl (C=O) groups is 1. The summed E-state index contributed by atoms with van der Waals surface area (Å²) >= 11 is 6.34. The summed E-state index contributed by atoms with van der Waals surface area (Å²) in [5, 5.41) is 14.8. The van der Waals surface area contributed by atoms with Crippen molar-refractivity contribution in [3.63, 3.8) is 0 Å². The van der Waals surface area contributed by atoms with Crippen molar-refractivity contribution >= 4 is 34.5 Å². The largest absolute Gasteiger partial charge is 0.458 e. The first-order valence-corrected chi connectivity index (χ1v) is 10.9. The number of carbonyl (C=O) groups excluding carboxylic acids is 1. The van der Waals surface area contributed by atoms with Gasteiger partial charge in [0, 0.05) is 7.05 Å². The second-order valence-electron chi connectivity index (χ2n) is 7.68. The lowest BCUT2D eigenvalue weighted by Crippen LogP contribution is -2.20. The molecule has 3 aromatic heterocycles. The molecule has 5 rings (SSSR count). The molecule has 0 aliphatic heterocycles. The molecule has 12 heteroatoms. The summed E-state index contributed by atoms with van der Waals surface area (Å²) in [5.41, 5.74) is 1.86. The van der Waals surface area contributed by atoms with Crippen LogP contribution in [0.15, 0.2) is 36.4 Å². The number of ether oxygens (including phenoxy) is 2. The van der Waals surface area contributed by atoms with Crippen LogP contribution in [-0.4, -0.2) is 46.9 Å². The van der Waals surface area contributed by atoms with Crippen molar-refractivity contribution in [2.75, 3.05) is 5.32 Å². The molecule has 1 aromatic carbocycles. The van der Waals surface area contributed by atoms with Crippen LogP contribution in [0.5, 0.6) is 6.01 Å². The highest BCUT2D eigenvalue weighted by Crippen LogP contribution is 2.30. The van der Waals surface area contributed by atoms with E-state index in [0.717, 1.165) is 25.7 Å². The standard InChI is InChI=1S/C21H21ClN8O3/c1-29-19(26-27-28-29)30-16-10-5-9-15(22)18(16)25-20(30)32-12-13-6-4-11-17(23-13)24-21(31)33-14-7-2-3-8-14/h4-6,9-11,14H,2-3,7-8,12H2,1H3,(H,23,24,31). The van der Waals surface area contributed by atoms with Gasteiger partial charge in [0.1, 0.15) is 24.0 Å². The molecule has 1 aliphatic rings. The van der Waals surface area contributed by atoms with E-state index in [-0.39, 0.29) is 18.7 Å². The molecule has 1 fully saturated rings. The van der Waals surface area contributed by atoms with E-state index in [0.29, 0.717) is 33.5 Å². The second-order valence-corrected chi connectivity index (χ2v) is 8.09. The summed E-state index contributed by atoms with van der Waals surface area (Å²) in [7, 11) is 1.72. The van der Waals surface area contributed by atoms with Crippen LogP contribution in [0.3, 0.4) is 0 Å². The molecule has 0 saturated heterocycles. The number of hydrogen-bond acceptors (Lipinski definition) is 8. The maximum absolute atomic E-state index is 12.1. The zero-order valence-electron chi connectivity index (χ0n) is 17.8. The predicted octanol–water partition coefficient (Wildman–Crippen LogP) is 3.67. The number of imidazole rings is 1. The first kappa shape index (κ1) is 21.1. The number of benzene rings is 1. The molecular weight excluding hydrogens is 448 g/mol. The Balaban J connectivity index is 1.35. The number of hydrogen-bond donors (Lipinski definition) is 1. The first-order chi connectivity index (χ1) is 16.1. The van der Waals surface area contributed by atoms with Gasteiger partial charge in [0.2, 0.25) is 0 Å². The topological polar surface area (TPSA) is 122 Å². The van der Waals surface area contributed by atoms with E-state index >= 15 is 0 Å². The monoisotopic (exact) mass is 468 g/mol. The van der Waals surface area contributed by atoms with E-state index < -0.39 is 6.09 Å². The first-order valence-electron chi connectivity index (χ1n) is 10.5. The molecule has 3 heterocycles. The van der Waals surface area contributed by atoms with Crippen LogP contribution in [0.25, 0.3) is 17.0 Å². The summed E-state index contributed by atoms with van der Waals surface area (Å²) in [4.78, 5) is 21.1. The summed E-state index contributed by atoms with van der Waals surface area (Å²) in [6.07, 6.45) is 3.46. The van der Waals surface area contributed by atoms with Gasteiger partial charge < -0.3 is 9.47 Å². The Morgan fingerprint density at radius 2 is 2.00 bits per heavy atom. The van der Waals surface area contributed by atoms with Crippen molar-refractivity contribution in [2.24, 2.45) is 7.05 Å². The van der Waals surface area contributed by atoms with Gasteiger partial charge in [-0.05, 0) is 60.4 Å². The van der Waals surface area contributed by atoms with Crippen molar-refractivity contribution < 1.29 is 14.3 Å². The van der Waals surface area contributed by atoms with E-state index in [1.165, 1.54) is 4.68 Å². The van der Waals surface area contributed by atoms with Gasteiger partial charge in [0.05, 0.1) is 16.2 Å². The molecule has 1 saturated carbocycles. The molecule has 1 amide bonds. The molecule has 0 unspecified atom stereocenters. The number of nitrogens with one attached hydrogen (secondary N) is 1. The summed E-state index contributed by atoms with van der Waals surface area (Å²) in [6, 6.07) is 10.9. The maximum Gasteiger partial charge on any atom is 0.413 e. The van der Waals surface area contributed by atoms with Crippen molar-refractivity contribution in [1.29, 1.82) is 0 Å². The van der Waals surface area contributed by atoms with Crippen LogP contribution in [0.4, 0.5) is 10.6 Å². The number of nitrogens with zero attached hydrogens (tertiary/aromatic N) is 7. The third-order valence-corrected chi connectivity index (χ3v) is 5.67. The quantitative estimate of drug-likeness (QED) is 0.454. The minimum absolute atomic E-state index is 0.0218. The number of anilines is 1. The van der Waals surface area contributed by atoms with Crippen molar-refractivity contribution in [2.45, 2.75) is 38.4 Å². The predicted molar refractivity (Wildman–Crippen MR) is 119 cm³/mol. The number of fused-ring (bicyclic) bond motifs is 1. The van der Waals surface area contributed by atoms with Crippen molar-refractivity contribution in [1.82, 2.24) is 34.7 Å². The van der Waals surface area contributed by atoms with Crippen molar-refractivity contribution in [3.05, 3.63) is 47.1 Å². The summed E-state index contributed by atoms with van der Waals surface area (Å²) in [5.74, 6) is 0.806. The van der Waals surface area contributed by atoms with E-state index in [4.69, 9.17) is 21.1 Å². The summed E-state index contributed by atoms with van der Waals surface area (Å²) < 4.78 is 14.6. The van der Waals surface area contributed by atoms with Crippen LogP contribution >= 0.6 is 11.6 Å². The number of amides is 1. The molecule has 170 valence electrons. The smallest absolute Gasteiger partial charge is 0.413 e. The molecule has 0 bridgehead atoms. The van der Waals surface area contributed by atoms with Gasteiger partial charge in [-0.2, -0.15) is 4.98 Å². The Morgan fingerprint density at radius 3 is 2.79 bits per heavy atom. The van der Waals surface area contributed by atoms with E-state index in [1.54, 1.807) is 35.9 Å². The van der Waals surface area contributed by atoms with Crippen molar-refractivity contribution in [3.8, 4) is 12.0 Å². The van der Waals surface area contributed by atoms with Gasteiger partial charge in [-0.25, -0.2) is 19.0 Å². The third kappa shape index (κ3) is 4.44. The Kier molecular flexibility index (Phi) is 5.78. The third-order valence-electron chi connectivity index (χ3n) is 5.36. The van der Waals surface area contributed by atoms with Gasteiger partial charge in [-0.3, -0.25) is 5.32 Å². The van der Waals surface area contributed by atoms with E-state index in [1.807, 2.05) is 12.1 Å². The molecule has 11 nitrogen and oxygen atoms in total. The molecule has 0 atom stereocenters. The Morgan fingerprint density at radius 1 is 1.18 bits per heavy atom. The van der Waals surface area contributed by atoms with Gasteiger partial charge in [0.25, 0.3) is 5.95 Å². The molecule has 33 heavy (non-hydrogen) atoms. The molecule has 1 aliphatic carbocycles. The molecule has 4 aromatic rings.